The first-order chi connectivity index (χ1) is 9.17. The molecule has 0 spiro atoms. The average molecular weight is 269 g/mol. The third kappa shape index (κ3) is 5.52. The van der Waals surface area contributed by atoms with Gasteiger partial charge in [-0.2, -0.15) is 4.98 Å². The Morgan fingerprint density at radius 2 is 2.16 bits per heavy atom. The minimum Gasteiger partial charge on any atom is -0.475 e. The third-order valence-electron chi connectivity index (χ3n) is 2.24. The molecule has 0 saturated carbocycles. The van der Waals surface area contributed by atoms with Gasteiger partial charge >= 0.3 is 0 Å². The Balaban J connectivity index is 2.72. The molecule has 7 heteroatoms. The number of hydrogen-bond acceptors (Lipinski definition) is 6. The fraction of sp³-hybridized carbons (Fsp3) is 0.583. The molecule has 0 saturated heterocycles. The molecule has 0 aliphatic carbocycles. The largest absolute Gasteiger partial charge is 0.475 e. The van der Waals surface area contributed by atoms with Crippen LogP contribution in [0.4, 0.5) is 11.5 Å². The van der Waals surface area contributed by atoms with Crippen molar-refractivity contribution in [3.05, 3.63) is 22.2 Å². The minimum absolute atomic E-state index is 0.0417. The van der Waals surface area contributed by atoms with Crippen LogP contribution in [0.25, 0.3) is 0 Å². The van der Waals surface area contributed by atoms with E-state index in [-0.39, 0.29) is 11.6 Å². The summed E-state index contributed by atoms with van der Waals surface area (Å²) in [5.41, 5.74) is -0.0417. The topological polar surface area (TPSA) is 86.5 Å². The van der Waals surface area contributed by atoms with E-state index in [1.807, 2.05) is 13.8 Å². The summed E-state index contributed by atoms with van der Waals surface area (Å²) in [7, 11) is 0. The summed E-state index contributed by atoms with van der Waals surface area (Å²) in [5, 5.41) is 13.8. The summed E-state index contributed by atoms with van der Waals surface area (Å²) >= 11 is 0. The summed E-state index contributed by atoms with van der Waals surface area (Å²) in [4.78, 5) is 14.5. The molecule has 1 N–H and O–H groups in total. The number of rotatable bonds is 9. The van der Waals surface area contributed by atoms with Gasteiger partial charge in [-0.15, -0.1) is 0 Å². The Morgan fingerprint density at radius 1 is 1.37 bits per heavy atom. The molecular weight excluding hydrogens is 250 g/mol. The maximum Gasteiger partial charge on any atom is 0.278 e. The van der Waals surface area contributed by atoms with Crippen LogP contribution in [-0.2, 0) is 4.74 Å². The average Bonchev–Trinajstić information content (AvgIpc) is 2.41. The predicted octanol–water partition coefficient (Wildman–Crippen LogP) is 2.23. The van der Waals surface area contributed by atoms with Crippen molar-refractivity contribution in [2.75, 3.05) is 31.7 Å². The molecule has 1 rings (SSSR count). The molecular formula is C12H19N3O4. The number of aromatic nitrogens is 1. The van der Waals surface area contributed by atoms with E-state index in [9.17, 15) is 10.1 Å². The van der Waals surface area contributed by atoms with Gasteiger partial charge in [-0.1, -0.05) is 6.92 Å². The Hall–Kier alpha value is -1.89. The zero-order valence-electron chi connectivity index (χ0n) is 11.2. The first-order valence-corrected chi connectivity index (χ1v) is 6.28. The zero-order chi connectivity index (χ0) is 14.1. The van der Waals surface area contributed by atoms with E-state index < -0.39 is 4.92 Å². The summed E-state index contributed by atoms with van der Waals surface area (Å²) in [5.74, 6) is 0.676. The summed E-state index contributed by atoms with van der Waals surface area (Å²) in [6, 6.07) is 2.70. The van der Waals surface area contributed by atoms with Gasteiger partial charge in [0.2, 0.25) is 5.88 Å². The van der Waals surface area contributed by atoms with Crippen LogP contribution in [0.15, 0.2) is 12.1 Å². The van der Waals surface area contributed by atoms with E-state index in [1.165, 1.54) is 12.1 Å². The van der Waals surface area contributed by atoms with Crippen molar-refractivity contribution < 1.29 is 14.4 Å². The molecule has 1 heterocycles. The SMILES string of the molecule is CCCNc1cc([N+](=O)[O-])cc(OCCOCC)n1. The van der Waals surface area contributed by atoms with Crippen LogP contribution >= 0.6 is 0 Å². The Kier molecular flexibility index (Phi) is 6.59. The number of anilines is 1. The van der Waals surface area contributed by atoms with E-state index in [0.29, 0.717) is 32.2 Å². The van der Waals surface area contributed by atoms with Gasteiger partial charge in [-0.05, 0) is 13.3 Å². The lowest BCUT2D eigenvalue weighted by atomic mass is 10.3. The fourth-order valence-electron chi connectivity index (χ4n) is 1.36. The van der Waals surface area contributed by atoms with Gasteiger partial charge in [-0.25, -0.2) is 0 Å². The summed E-state index contributed by atoms with van der Waals surface area (Å²) in [6.07, 6.45) is 0.908. The molecule has 0 aliphatic heterocycles. The molecule has 7 nitrogen and oxygen atoms in total. The van der Waals surface area contributed by atoms with Crippen LogP contribution in [0.2, 0.25) is 0 Å². The highest BCUT2D eigenvalue weighted by Crippen LogP contribution is 2.22. The molecule has 0 radical (unpaired) electrons. The second-order valence-electron chi connectivity index (χ2n) is 3.78. The monoisotopic (exact) mass is 269 g/mol. The van der Waals surface area contributed by atoms with Gasteiger partial charge in [0.1, 0.15) is 12.4 Å². The molecule has 1 aromatic rings. The first kappa shape index (κ1) is 15.2. The van der Waals surface area contributed by atoms with E-state index in [2.05, 4.69) is 10.3 Å². The first-order valence-electron chi connectivity index (χ1n) is 6.28. The van der Waals surface area contributed by atoms with E-state index >= 15 is 0 Å². The molecule has 0 aromatic carbocycles. The standard InChI is InChI=1S/C12H19N3O4/c1-3-5-13-11-8-10(15(16)17)9-12(14-11)19-7-6-18-4-2/h8-9H,3-7H2,1-2H3,(H,13,14). The fourth-order valence-corrected chi connectivity index (χ4v) is 1.36. The molecule has 0 amide bonds. The maximum absolute atomic E-state index is 10.8. The second kappa shape index (κ2) is 8.25. The van der Waals surface area contributed by atoms with Gasteiger partial charge < -0.3 is 14.8 Å². The Bertz CT molecular complexity index is 412. The Labute approximate surface area is 112 Å². The van der Waals surface area contributed by atoms with E-state index in [0.717, 1.165) is 6.42 Å². The zero-order valence-corrected chi connectivity index (χ0v) is 11.2. The van der Waals surface area contributed by atoms with Crippen LogP contribution in [0, 0.1) is 10.1 Å². The summed E-state index contributed by atoms with van der Waals surface area (Å²) < 4.78 is 10.5. The lowest BCUT2D eigenvalue weighted by Crippen LogP contribution is -2.09. The smallest absolute Gasteiger partial charge is 0.278 e. The molecule has 0 atom stereocenters. The lowest BCUT2D eigenvalue weighted by molar-refractivity contribution is -0.384. The number of nitrogens with zero attached hydrogens (tertiary/aromatic N) is 2. The van der Waals surface area contributed by atoms with Crippen LogP contribution in [0.5, 0.6) is 5.88 Å². The number of nitrogens with one attached hydrogen (secondary N) is 1. The number of ether oxygens (including phenoxy) is 2. The van der Waals surface area contributed by atoms with Gasteiger partial charge in [0.15, 0.2) is 0 Å². The summed E-state index contributed by atoms with van der Waals surface area (Å²) in [6.45, 7) is 5.94. The second-order valence-corrected chi connectivity index (χ2v) is 3.78. The lowest BCUT2D eigenvalue weighted by Gasteiger charge is -2.08. The number of pyridine rings is 1. The molecule has 0 aliphatic rings. The highest BCUT2D eigenvalue weighted by Gasteiger charge is 2.11. The number of nitro groups is 1. The van der Waals surface area contributed by atoms with Gasteiger partial charge in [0.05, 0.1) is 23.7 Å². The van der Waals surface area contributed by atoms with Crippen molar-refractivity contribution in [1.82, 2.24) is 4.98 Å². The van der Waals surface area contributed by atoms with Crippen molar-refractivity contribution in [3.63, 3.8) is 0 Å². The van der Waals surface area contributed by atoms with Crippen molar-refractivity contribution in [2.45, 2.75) is 20.3 Å². The molecule has 0 fully saturated rings. The van der Waals surface area contributed by atoms with E-state index in [4.69, 9.17) is 9.47 Å². The van der Waals surface area contributed by atoms with Gasteiger partial charge in [0, 0.05) is 13.2 Å². The van der Waals surface area contributed by atoms with Crippen LogP contribution < -0.4 is 10.1 Å². The third-order valence-corrected chi connectivity index (χ3v) is 2.24. The van der Waals surface area contributed by atoms with E-state index in [1.54, 1.807) is 0 Å². The van der Waals surface area contributed by atoms with Crippen LogP contribution in [0.3, 0.4) is 0 Å². The maximum atomic E-state index is 10.8. The van der Waals surface area contributed by atoms with Crippen LogP contribution in [-0.4, -0.2) is 36.3 Å². The molecule has 0 unspecified atom stereocenters. The van der Waals surface area contributed by atoms with Crippen LogP contribution in [0.1, 0.15) is 20.3 Å². The highest BCUT2D eigenvalue weighted by atomic mass is 16.6. The quantitative estimate of drug-likeness (QED) is 0.420. The minimum atomic E-state index is -0.464. The predicted molar refractivity (Wildman–Crippen MR) is 71.7 cm³/mol. The molecule has 0 bridgehead atoms. The normalized spacial score (nSPS) is 10.2. The van der Waals surface area contributed by atoms with Crippen molar-refractivity contribution in [3.8, 4) is 5.88 Å². The van der Waals surface area contributed by atoms with Gasteiger partial charge in [-0.3, -0.25) is 10.1 Å². The van der Waals surface area contributed by atoms with Crippen molar-refractivity contribution in [1.29, 1.82) is 0 Å². The van der Waals surface area contributed by atoms with Gasteiger partial charge in [0.25, 0.3) is 5.69 Å². The Morgan fingerprint density at radius 3 is 2.79 bits per heavy atom. The highest BCUT2D eigenvalue weighted by molar-refractivity contribution is 5.48. The van der Waals surface area contributed by atoms with Crippen molar-refractivity contribution >= 4 is 11.5 Å². The number of hydrogen-bond donors (Lipinski definition) is 1. The van der Waals surface area contributed by atoms with Crippen molar-refractivity contribution in [2.24, 2.45) is 0 Å². The molecule has 1 aromatic heterocycles. The molecule has 19 heavy (non-hydrogen) atoms. The molecule has 106 valence electrons.